The maximum absolute atomic E-state index is 11.8. The molecule has 3 N–H and O–H groups in total. The Labute approximate surface area is 112 Å². The van der Waals surface area contributed by atoms with Crippen molar-refractivity contribution in [3.63, 3.8) is 0 Å². The van der Waals surface area contributed by atoms with Crippen molar-refractivity contribution in [1.29, 1.82) is 0 Å². The van der Waals surface area contributed by atoms with Crippen LogP contribution in [0.25, 0.3) is 0 Å². The third-order valence-electron chi connectivity index (χ3n) is 2.74. The van der Waals surface area contributed by atoms with Gasteiger partial charge in [-0.15, -0.1) is 0 Å². The molecule has 18 heavy (non-hydrogen) atoms. The van der Waals surface area contributed by atoms with Crippen molar-refractivity contribution >= 4 is 23.2 Å². The molecule has 1 amide bonds. The van der Waals surface area contributed by atoms with Gasteiger partial charge in [-0.25, -0.2) is 0 Å². The van der Waals surface area contributed by atoms with Gasteiger partial charge < -0.3 is 10.4 Å². The first-order valence-corrected chi connectivity index (χ1v) is 6.10. The minimum absolute atomic E-state index is 0.203. The zero-order valence-corrected chi connectivity index (χ0v) is 11.5. The number of carbonyl (C=O) groups is 1. The van der Waals surface area contributed by atoms with Crippen LogP contribution < -0.4 is 10.6 Å². The van der Waals surface area contributed by atoms with Gasteiger partial charge in [0.25, 0.3) is 5.91 Å². The molecule has 0 aliphatic carbocycles. The highest BCUT2D eigenvalue weighted by molar-refractivity contribution is 7.80. The number of carbonyl (C=O) groups excluding carboxylic acids is 1. The highest BCUT2D eigenvalue weighted by Crippen LogP contribution is 2.08. The van der Waals surface area contributed by atoms with Crippen LogP contribution >= 0.6 is 12.2 Å². The number of nitrogens with one attached hydrogen (secondary N) is 2. The first-order valence-electron chi connectivity index (χ1n) is 5.69. The zero-order valence-electron chi connectivity index (χ0n) is 10.7. The van der Waals surface area contributed by atoms with Crippen LogP contribution in [0.3, 0.4) is 0 Å². The lowest BCUT2D eigenvalue weighted by Gasteiger charge is -2.30. The van der Waals surface area contributed by atoms with Gasteiger partial charge in [0, 0.05) is 5.56 Å². The number of aliphatic hydroxyl groups is 1. The van der Waals surface area contributed by atoms with Gasteiger partial charge in [0.05, 0.1) is 11.6 Å². The topological polar surface area (TPSA) is 61.4 Å². The lowest BCUT2D eigenvalue weighted by Crippen LogP contribution is -2.54. The van der Waals surface area contributed by atoms with Crippen molar-refractivity contribution in [2.24, 2.45) is 0 Å². The lowest BCUT2D eigenvalue weighted by molar-refractivity contribution is 0.0963. The van der Waals surface area contributed by atoms with Crippen LogP contribution in [0.2, 0.25) is 0 Å². The molecule has 5 heteroatoms. The molecule has 1 aromatic rings. The molecule has 1 aromatic carbocycles. The Morgan fingerprint density at radius 1 is 1.33 bits per heavy atom. The summed E-state index contributed by atoms with van der Waals surface area (Å²) in [4.78, 5) is 11.8. The van der Waals surface area contributed by atoms with Gasteiger partial charge in [0.2, 0.25) is 0 Å². The number of amides is 1. The Morgan fingerprint density at radius 3 is 2.39 bits per heavy atom. The molecular formula is C13H18N2O2S. The smallest absolute Gasteiger partial charge is 0.257 e. The molecular weight excluding hydrogens is 248 g/mol. The third kappa shape index (κ3) is 4.09. The van der Waals surface area contributed by atoms with Gasteiger partial charge in [0.1, 0.15) is 0 Å². The van der Waals surface area contributed by atoms with Crippen molar-refractivity contribution in [3.8, 4) is 0 Å². The monoisotopic (exact) mass is 266 g/mol. The van der Waals surface area contributed by atoms with Gasteiger partial charge >= 0.3 is 0 Å². The minimum atomic E-state index is -0.596. The fourth-order valence-corrected chi connectivity index (χ4v) is 1.55. The molecule has 0 saturated heterocycles. The first kappa shape index (κ1) is 14.6. The Hall–Kier alpha value is -1.46. The maximum Gasteiger partial charge on any atom is 0.257 e. The van der Waals surface area contributed by atoms with E-state index < -0.39 is 11.6 Å². The fourth-order valence-electron chi connectivity index (χ4n) is 1.19. The normalized spacial score (nSPS) is 12.7. The van der Waals surface area contributed by atoms with E-state index in [0.29, 0.717) is 5.56 Å². The van der Waals surface area contributed by atoms with Crippen LogP contribution in [0.15, 0.2) is 30.3 Å². The molecule has 0 saturated carbocycles. The summed E-state index contributed by atoms with van der Waals surface area (Å²) in [6, 6.07) is 8.82. The molecule has 0 fully saturated rings. The molecule has 98 valence electrons. The second-order valence-corrected chi connectivity index (χ2v) is 5.08. The molecule has 1 unspecified atom stereocenters. The maximum atomic E-state index is 11.8. The van der Waals surface area contributed by atoms with Gasteiger partial charge in [0.15, 0.2) is 5.11 Å². The summed E-state index contributed by atoms with van der Waals surface area (Å²) >= 11 is 5.04. The molecule has 1 atom stereocenters. The van der Waals surface area contributed by atoms with Gasteiger partial charge in [-0.05, 0) is 45.1 Å². The average Bonchev–Trinajstić information content (AvgIpc) is 2.29. The summed E-state index contributed by atoms with van der Waals surface area (Å²) in [6.07, 6.45) is -0.593. The van der Waals surface area contributed by atoms with E-state index in [1.54, 1.807) is 45.0 Å². The highest BCUT2D eigenvalue weighted by Gasteiger charge is 2.25. The fraction of sp³-hybridized carbons (Fsp3) is 0.385. The predicted octanol–water partition coefficient (Wildman–Crippen LogP) is 1.45. The quantitative estimate of drug-likeness (QED) is 0.725. The van der Waals surface area contributed by atoms with E-state index in [4.69, 9.17) is 12.2 Å². The van der Waals surface area contributed by atoms with Crippen molar-refractivity contribution < 1.29 is 9.90 Å². The van der Waals surface area contributed by atoms with E-state index in [2.05, 4.69) is 10.6 Å². The van der Waals surface area contributed by atoms with E-state index in [9.17, 15) is 9.90 Å². The van der Waals surface area contributed by atoms with Gasteiger partial charge in [-0.3, -0.25) is 10.1 Å². The van der Waals surface area contributed by atoms with Crippen LogP contribution in [0, 0.1) is 0 Å². The predicted molar refractivity (Wildman–Crippen MR) is 75.4 cm³/mol. The van der Waals surface area contributed by atoms with E-state index in [-0.39, 0.29) is 11.0 Å². The van der Waals surface area contributed by atoms with Crippen LogP contribution in [0.4, 0.5) is 0 Å². The highest BCUT2D eigenvalue weighted by atomic mass is 32.1. The van der Waals surface area contributed by atoms with Crippen LogP contribution in [0.1, 0.15) is 31.1 Å². The molecule has 0 bridgehead atoms. The summed E-state index contributed by atoms with van der Waals surface area (Å²) in [5, 5.41) is 15.2. The number of hydrogen-bond donors (Lipinski definition) is 3. The van der Waals surface area contributed by atoms with Crippen molar-refractivity contribution in [3.05, 3.63) is 35.9 Å². The van der Waals surface area contributed by atoms with E-state index in [1.807, 2.05) is 6.07 Å². The molecule has 0 spiro atoms. The number of rotatable bonds is 3. The molecule has 0 aliphatic heterocycles. The number of thiocarbonyl (C=S) groups is 1. The summed E-state index contributed by atoms with van der Waals surface area (Å²) in [7, 11) is 0. The van der Waals surface area contributed by atoms with Crippen molar-refractivity contribution in [1.82, 2.24) is 10.6 Å². The van der Waals surface area contributed by atoms with E-state index in [0.717, 1.165) is 0 Å². The van der Waals surface area contributed by atoms with Gasteiger partial charge in [-0.1, -0.05) is 18.2 Å². The first-order chi connectivity index (χ1) is 8.33. The standard InChI is InChI=1S/C13H18N2O2S/c1-9(16)13(2,3)15-12(18)14-11(17)10-7-5-4-6-8-10/h4-9,16H,1-3H3,(H2,14,15,17,18). The molecule has 0 aromatic heterocycles. The number of aliphatic hydroxyl groups excluding tert-OH is 1. The number of benzene rings is 1. The van der Waals surface area contributed by atoms with Crippen LogP contribution in [-0.4, -0.2) is 27.8 Å². The molecule has 1 rings (SSSR count). The van der Waals surface area contributed by atoms with Crippen LogP contribution in [-0.2, 0) is 0 Å². The summed E-state index contributed by atoms with van der Waals surface area (Å²) < 4.78 is 0. The largest absolute Gasteiger partial charge is 0.391 e. The second-order valence-electron chi connectivity index (χ2n) is 4.67. The van der Waals surface area contributed by atoms with E-state index >= 15 is 0 Å². The summed E-state index contributed by atoms with van der Waals surface area (Å²) in [5.41, 5.74) is -0.0578. The third-order valence-corrected chi connectivity index (χ3v) is 2.95. The summed E-state index contributed by atoms with van der Waals surface area (Å²) in [5.74, 6) is -0.269. The van der Waals surface area contributed by atoms with Crippen molar-refractivity contribution in [2.75, 3.05) is 0 Å². The Morgan fingerprint density at radius 2 is 1.89 bits per heavy atom. The van der Waals surface area contributed by atoms with E-state index in [1.165, 1.54) is 0 Å². The second kappa shape index (κ2) is 5.93. The lowest BCUT2D eigenvalue weighted by atomic mass is 9.99. The summed E-state index contributed by atoms with van der Waals surface area (Å²) in [6.45, 7) is 5.27. The SMILES string of the molecule is CC(O)C(C)(C)NC(=S)NC(=O)c1ccccc1. The average molecular weight is 266 g/mol. The minimum Gasteiger partial charge on any atom is -0.391 e. The molecule has 0 radical (unpaired) electrons. The zero-order chi connectivity index (χ0) is 13.8. The van der Waals surface area contributed by atoms with Gasteiger partial charge in [-0.2, -0.15) is 0 Å². The molecule has 0 aliphatic rings. The molecule has 0 heterocycles. The Kier molecular flexibility index (Phi) is 4.81. The number of hydrogen-bond acceptors (Lipinski definition) is 3. The van der Waals surface area contributed by atoms with Crippen molar-refractivity contribution in [2.45, 2.75) is 32.4 Å². The Bertz CT molecular complexity index is 430. The Balaban J connectivity index is 2.59. The van der Waals surface area contributed by atoms with Crippen LogP contribution in [0.5, 0.6) is 0 Å². The molecule has 4 nitrogen and oxygen atoms in total.